The predicted molar refractivity (Wildman–Crippen MR) is 134 cm³/mol. The molecule has 0 bridgehead atoms. The first-order chi connectivity index (χ1) is 17.0. The standard InChI is InChI=1S/C26H29N7O2/c1-4-16-13-32(14-19(16)27)26(34)18-9-20-24(28-11-18)31(2)25(29-20)21-10-17-7-8-22(35-3)30-23(17)33(21)12-15-5-6-15/h7-11,14-16H,4-6,12-13,27H2,1-3H3/t16-/m1/s1. The van der Waals surface area contributed by atoms with E-state index in [1.54, 1.807) is 24.4 Å². The number of imidazole rings is 1. The summed E-state index contributed by atoms with van der Waals surface area (Å²) in [5.41, 5.74) is 10.7. The summed E-state index contributed by atoms with van der Waals surface area (Å²) >= 11 is 0. The van der Waals surface area contributed by atoms with E-state index in [0.717, 1.165) is 46.9 Å². The van der Waals surface area contributed by atoms with Crippen molar-refractivity contribution in [1.82, 2.24) is 29.0 Å². The second-order valence-corrected chi connectivity index (χ2v) is 9.60. The van der Waals surface area contributed by atoms with Gasteiger partial charge in [0.25, 0.3) is 5.91 Å². The van der Waals surface area contributed by atoms with Crippen molar-refractivity contribution in [3.05, 3.63) is 47.9 Å². The molecule has 1 amide bonds. The van der Waals surface area contributed by atoms with E-state index in [4.69, 9.17) is 20.4 Å². The van der Waals surface area contributed by atoms with Crippen LogP contribution < -0.4 is 10.5 Å². The zero-order chi connectivity index (χ0) is 24.3. The quantitative estimate of drug-likeness (QED) is 0.460. The number of ether oxygens (including phenoxy) is 1. The molecule has 35 heavy (non-hydrogen) atoms. The molecule has 1 saturated carbocycles. The molecule has 1 fully saturated rings. The van der Waals surface area contributed by atoms with E-state index < -0.39 is 0 Å². The van der Waals surface area contributed by atoms with E-state index in [2.05, 4.69) is 22.5 Å². The Labute approximate surface area is 203 Å². The molecule has 6 rings (SSSR count). The third-order valence-electron chi connectivity index (χ3n) is 7.20. The highest BCUT2D eigenvalue weighted by Gasteiger charge is 2.28. The van der Waals surface area contributed by atoms with E-state index >= 15 is 0 Å². The number of aryl methyl sites for hydroxylation is 1. The average Bonchev–Trinajstić information content (AvgIpc) is 3.39. The van der Waals surface area contributed by atoms with Crippen LogP contribution >= 0.6 is 0 Å². The molecule has 0 aromatic carbocycles. The van der Waals surface area contributed by atoms with Crippen LogP contribution in [0.15, 0.2) is 42.4 Å². The van der Waals surface area contributed by atoms with Crippen molar-refractivity contribution in [3.8, 4) is 17.4 Å². The average molecular weight is 472 g/mol. The van der Waals surface area contributed by atoms with E-state index in [-0.39, 0.29) is 11.8 Å². The summed E-state index contributed by atoms with van der Waals surface area (Å²) < 4.78 is 9.61. The van der Waals surface area contributed by atoms with Crippen molar-refractivity contribution in [2.75, 3.05) is 13.7 Å². The number of amides is 1. The number of pyridine rings is 2. The molecule has 2 aliphatic rings. The Hall–Kier alpha value is -3.88. The van der Waals surface area contributed by atoms with Gasteiger partial charge < -0.3 is 24.5 Å². The van der Waals surface area contributed by atoms with Crippen molar-refractivity contribution in [1.29, 1.82) is 0 Å². The first-order valence-corrected chi connectivity index (χ1v) is 12.1. The van der Waals surface area contributed by atoms with Crippen LogP contribution in [0.1, 0.15) is 36.5 Å². The van der Waals surface area contributed by atoms with Crippen molar-refractivity contribution < 1.29 is 9.53 Å². The molecule has 0 radical (unpaired) electrons. The molecule has 2 N–H and O–H groups in total. The summed E-state index contributed by atoms with van der Waals surface area (Å²) in [4.78, 5) is 29.1. The molecule has 1 aliphatic heterocycles. The van der Waals surface area contributed by atoms with Crippen LogP contribution in [0.25, 0.3) is 33.7 Å². The summed E-state index contributed by atoms with van der Waals surface area (Å²) in [7, 11) is 3.59. The van der Waals surface area contributed by atoms with Crippen molar-refractivity contribution in [2.45, 2.75) is 32.7 Å². The number of fused-ring (bicyclic) bond motifs is 2. The van der Waals surface area contributed by atoms with E-state index in [1.807, 2.05) is 29.8 Å². The molecular weight excluding hydrogens is 442 g/mol. The largest absolute Gasteiger partial charge is 0.481 e. The second kappa shape index (κ2) is 8.11. The number of nitrogens with zero attached hydrogens (tertiary/aromatic N) is 6. The maximum atomic E-state index is 13.1. The molecule has 1 aliphatic carbocycles. The summed E-state index contributed by atoms with van der Waals surface area (Å²) in [5, 5.41) is 1.04. The van der Waals surface area contributed by atoms with Gasteiger partial charge in [-0.1, -0.05) is 6.92 Å². The Morgan fingerprint density at radius 2 is 2.03 bits per heavy atom. The molecule has 0 unspecified atom stereocenters. The molecule has 9 heteroatoms. The normalized spacial score (nSPS) is 18.0. The summed E-state index contributed by atoms with van der Waals surface area (Å²) in [6.07, 6.45) is 6.75. The fraction of sp³-hybridized carbons (Fsp3) is 0.385. The van der Waals surface area contributed by atoms with Gasteiger partial charge >= 0.3 is 0 Å². The van der Waals surface area contributed by atoms with E-state index in [0.29, 0.717) is 29.4 Å². The number of carbonyl (C=O) groups is 1. The monoisotopic (exact) mass is 471 g/mol. The highest BCUT2D eigenvalue weighted by Crippen LogP contribution is 2.36. The van der Waals surface area contributed by atoms with Gasteiger partial charge in [-0.15, -0.1) is 0 Å². The highest BCUT2D eigenvalue weighted by atomic mass is 16.5. The molecular formula is C26H29N7O2. The Kier molecular flexibility index (Phi) is 5.01. The van der Waals surface area contributed by atoms with Crippen LogP contribution in [0.2, 0.25) is 0 Å². The Bertz CT molecular complexity index is 1490. The molecule has 0 spiro atoms. The third kappa shape index (κ3) is 3.62. The van der Waals surface area contributed by atoms with Crippen molar-refractivity contribution in [2.24, 2.45) is 24.6 Å². The fourth-order valence-electron chi connectivity index (χ4n) is 4.93. The molecule has 4 aromatic heterocycles. The highest BCUT2D eigenvalue weighted by molar-refractivity contribution is 5.97. The van der Waals surface area contributed by atoms with Crippen molar-refractivity contribution in [3.63, 3.8) is 0 Å². The summed E-state index contributed by atoms with van der Waals surface area (Å²) in [5.74, 6) is 2.15. The van der Waals surface area contributed by atoms with Crippen LogP contribution in [-0.4, -0.2) is 48.5 Å². The minimum Gasteiger partial charge on any atom is -0.481 e. The maximum Gasteiger partial charge on any atom is 0.259 e. The Morgan fingerprint density at radius 1 is 1.20 bits per heavy atom. The molecule has 5 heterocycles. The van der Waals surface area contributed by atoms with E-state index in [9.17, 15) is 4.79 Å². The van der Waals surface area contributed by atoms with Gasteiger partial charge in [-0.05, 0) is 43.4 Å². The molecule has 9 nitrogen and oxygen atoms in total. The van der Waals surface area contributed by atoms with Gasteiger partial charge in [-0.2, -0.15) is 4.98 Å². The van der Waals surface area contributed by atoms with Crippen LogP contribution in [-0.2, 0) is 13.6 Å². The first kappa shape index (κ1) is 21.6. The minimum absolute atomic E-state index is 0.107. The lowest BCUT2D eigenvalue weighted by Crippen LogP contribution is -2.26. The van der Waals surface area contributed by atoms with Gasteiger partial charge in [0.1, 0.15) is 11.2 Å². The zero-order valence-electron chi connectivity index (χ0n) is 20.2. The number of rotatable bonds is 6. The molecule has 180 valence electrons. The smallest absolute Gasteiger partial charge is 0.259 e. The van der Waals surface area contributed by atoms with Gasteiger partial charge in [0, 0.05) is 55.6 Å². The molecule has 1 atom stereocenters. The Morgan fingerprint density at radius 3 is 2.74 bits per heavy atom. The lowest BCUT2D eigenvalue weighted by molar-refractivity contribution is 0.0823. The lowest BCUT2D eigenvalue weighted by atomic mass is 10.1. The van der Waals surface area contributed by atoms with Gasteiger partial charge in [0.2, 0.25) is 5.88 Å². The van der Waals surface area contributed by atoms with Crippen LogP contribution in [0.3, 0.4) is 0 Å². The summed E-state index contributed by atoms with van der Waals surface area (Å²) in [6, 6.07) is 7.86. The first-order valence-electron chi connectivity index (χ1n) is 12.1. The van der Waals surface area contributed by atoms with Crippen LogP contribution in [0.5, 0.6) is 5.88 Å². The van der Waals surface area contributed by atoms with E-state index in [1.165, 1.54) is 12.8 Å². The Balaban J connectivity index is 1.42. The molecule has 4 aromatic rings. The minimum atomic E-state index is -0.107. The molecule has 0 saturated heterocycles. The number of hydrogen-bond donors (Lipinski definition) is 1. The van der Waals surface area contributed by atoms with Crippen LogP contribution in [0.4, 0.5) is 0 Å². The van der Waals surface area contributed by atoms with Gasteiger partial charge in [-0.25, -0.2) is 9.97 Å². The third-order valence-corrected chi connectivity index (χ3v) is 7.20. The summed E-state index contributed by atoms with van der Waals surface area (Å²) in [6.45, 7) is 3.57. The zero-order valence-corrected chi connectivity index (χ0v) is 20.2. The SMILES string of the molecule is CC[C@@H]1CN(C(=O)c2cnc3c(c2)nc(-c2cc4ccc(OC)nc4n2CC2CC2)n3C)C=C1N. The number of carbonyl (C=O) groups excluding carboxylic acids is 1. The topological polar surface area (TPSA) is 104 Å². The predicted octanol–water partition coefficient (Wildman–Crippen LogP) is 3.69. The number of hydrogen-bond acceptors (Lipinski definition) is 6. The van der Waals surface area contributed by atoms with Gasteiger partial charge in [0.05, 0.1) is 18.4 Å². The lowest BCUT2D eigenvalue weighted by Gasteiger charge is -2.15. The number of aromatic nitrogens is 5. The fourth-order valence-corrected chi connectivity index (χ4v) is 4.93. The van der Waals surface area contributed by atoms with Crippen LogP contribution in [0, 0.1) is 11.8 Å². The van der Waals surface area contributed by atoms with Crippen molar-refractivity contribution >= 4 is 28.1 Å². The van der Waals surface area contributed by atoms with Gasteiger partial charge in [0.15, 0.2) is 11.5 Å². The second-order valence-electron chi connectivity index (χ2n) is 9.60. The number of methoxy groups -OCH3 is 1. The number of nitrogens with two attached hydrogens (primary N) is 1. The van der Waals surface area contributed by atoms with Gasteiger partial charge in [-0.3, -0.25) is 4.79 Å². The maximum absolute atomic E-state index is 13.1.